The minimum Gasteiger partial charge on any atom is -0.381 e. The van der Waals surface area contributed by atoms with E-state index in [2.05, 4.69) is 39.8 Å². The van der Waals surface area contributed by atoms with Crippen LogP contribution in [-0.2, 0) is 20.1 Å². The average Bonchev–Trinajstić information content (AvgIpc) is 3.14. The summed E-state index contributed by atoms with van der Waals surface area (Å²) in [6.45, 7) is 3.72. The van der Waals surface area contributed by atoms with Crippen LogP contribution >= 0.6 is 0 Å². The summed E-state index contributed by atoms with van der Waals surface area (Å²) in [7, 11) is 1.94. The van der Waals surface area contributed by atoms with Crippen LogP contribution in [-0.4, -0.2) is 24.5 Å². The van der Waals surface area contributed by atoms with Gasteiger partial charge >= 0.3 is 0 Å². The maximum Gasteiger partial charge on any atom is 0.163 e. The van der Waals surface area contributed by atoms with Gasteiger partial charge in [0.15, 0.2) is 5.82 Å². The first-order valence-electron chi connectivity index (χ1n) is 6.96. The smallest absolute Gasteiger partial charge is 0.163 e. The van der Waals surface area contributed by atoms with Gasteiger partial charge in [0.25, 0.3) is 0 Å². The van der Waals surface area contributed by atoms with E-state index in [1.165, 1.54) is 5.56 Å². The molecule has 2 aromatic heterocycles. The number of benzene rings is 1. The van der Waals surface area contributed by atoms with Crippen molar-refractivity contribution in [1.82, 2.24) is 24.5 Å². The highest BCUT2D eigenvalue weighted by Crippen LogP contribution is 2.20. The number of anilines is 1. The highest BCUT2D eigenvalue weighted by molar-refractivity contribution is 5.62. The monoisotopic (exact) mass is 282 g/mol. The summed E-state index contributed by atoms with van der Waals surface area (Å²) >= 11 is 0. The molecule has 0 bridgehead atoms. The van der Waals surface area contributed by atoms with Gasteiger partial charge in [-0.2, -0.15) is 5.10 Å². The minimum absolute atomic E-state index is 0.752. The summed E-state index contributed by atoms with van der Waals surface area (Å²) in [6.07, 6.45) is 5.65. The Balaban J connectivity index is 1.73. The molecule has 0 fully saturated rings. The fraction of sp³-hybridized carbons (Fsp3) is 0.267. The van der Waals surface area contributed by atoms with Crippen LogP contribution in [0.2, 0.25) is 0 Å². The van der Waals surface area contributed by atoms with E-state index in [4.69, 9.17) is 0 Å². The molecular weight excluding hydrogens is 264 g/mol. The zero-order valence-corrected chi connectivity index (χ0v) is 12.2. The molecule has 0 aliphatic carbocycles. The van der Waals surface area contributed by atoms with Crippen molar-refractivity contribution >= 4 is 5.69 Å². The lowest BCUT2D eigenvalue weighted by Gasteiger charge is -2.07. The SMILES string of the molecule is CCn1cc(CNc2cccc(-c3nncn3C)c2)cn1. The normalized spacial score (nSPS) is 10.8. The van der Waals surface area contributed by atoms with Gasteiger partial charge in [-0.25, -0.2) is 0 Å². The molecule has 6 heteroatoms. The van der Waals surface area contributed by atoms with Gasteiger partial charge in [0.05, 0.1) is 6.20 Å². The molecule has 1 N–H and O–H groups in total. The van der Waals surface area contributed by atoms with E-state index < -0.39 is 0 Å². The Morgan fingerprint density at radius 1 is 1.29 bits per heavy atom. The number of aromatic nitrogens is 5. The first-order chi connectivity index (χ1) is 10.3. The molecule has 6 nitrogen and oxygen atoms in total. The van der Waals surface area contributed by atoms with Gasteiger partial charge in [-0.15, -0.1) is 10.2 Å². The van der Waals surface area contributed by atoms with Gasteiger partial charge in [-0.1, -0.05) is 12.1 Å². The molecular formula is C15H18N6. The predicted octanol–water partition coefficient (Wildman–Crippen LogP) is 2.31. The number of rotatable bonds is 5. The summed E-state index contributed by atoms with van der Waals surface area (Å²) in [5.74, 6) is 0.859. The molecule has 21 heavy (non-hydrogen) atoms. The largest absolute Gasteiger partial charge is 0.381 e. The molecule has 0 radical (unpaired) electrons. The van der Waals surface area contributed by atoms with Crippen LogP contribution in [0.15, 0.2) is 43.0 Å². The topological polar surface area (TPSA) is 60.6 Å². The number of hydrogen-bond acceptors (Lipinski definition) is 4. The van der Waals surface area contributed by atoms with E-state index in [0.29, 0.717) is 0 Å². The van der Waals surface area contributed by atoms with E-state index in [9.17, 15) is 0 Å². The Kier molecular flexibility index (Phi) is 3.68. The molecule has 0 atom stereocenters. The van der Waals surface area contributed by atoms with Gasteiger partial charge in [-0.05, 0) is 19.1 Å². The van der Waals surface area contributed by atoms with Gasteiger partial charge in [0.2, 0.25) is 0 Å². The number of nitrogens with zero attached hydrogens (tertiary/aromatic N) is 5. The molecule has 0 aliphatic heterocycles. The molecule has 0 spiro atoms. The molecule has 0 amide bonds. The molecule has 108 valence electrons. The second-order valence-corrected chi connectivity index (χ2v) is 4.90. The fourth-order valence-electron chi connectivity index (χ4n) is 2.19. The maximum absolute atomic E-state index is 4.27. The highest BCUT2D eigenvalue weighted by atomic mass is 15.3. The Hall–Kier alpha value is -2.63. The fourth-order valence-corrected chi connectivity index (χ4v) is 2.19. The Morgan fingerprint density at radius 3 is 2.90 bits per heavy atom. The van der Waals surface area contributed by atoms with Crippen molar-refractivity contribution in [2.75, 3.05) is 5.32 Å². The van der Waals surface area contributed by atoms with Gasteiger partial charge in [0.1, 0.15) is 6.33 Å². The van der Waals surface area contributed by atoms with E-state index in [1.807, 2.05) is 40.7 Å². The standard InChI is InChI=1S/C15H18N6/c1-3-21-10-12(9-18-21)8-16-14-6-4-5-13(7-14)15-19-17-11-20(15)2/h4-7,9-11,16H,3,8H2,1-2H3. The van der Waals surface area contributed by atoms with Crippen LogP contribution in [0.5, 0.6) is 0 Å². The summed E-state index contributed by atoms with van der Waals surface area (Å²) in [5.41, 5.74) is 3.27. The van der Waals surface area contributed by atoms with Crippen LogP contribution in [0.3, 0.4) is 0 Å². The van der Waals surface area contributed by atoms with Crippen LogP contribution in [0.4, 0.5) is 5.69 Å². The number of hydrogen-bond donors (Lipinski definition) is 1. The lowest BCUT2D eigenvalue weighted by Crippen LogP contribution is -1.99. The minimum atomic E-state index is 0.752. The van der Waals surface area contributed by atoms with Crippen molar-refractivity contribution < 1.29 is 0 Å². The molecule has 3 rings (SSSR count). The number of aryl methyl sites for hydroxylation is 2. The quantitative estimate of drug-likeness (QED) is 0.780. The molecule has 1 aromatic carbocycles. The predicted molar refractivity (Wildman–Crippen MR) is 81.7 cm³/mol. The third-order valence-electron chi connectivity index (χ3n) is 3.34. The van der Waals surface area contributed by atoms with Crippen molar-refractivity contribution in [3.63, 3.8) is 0 Å². The number of nitrogens with one attached hydrogen (secondary N) is 1. The van der Waals surface area contributed by atoms with Crippen molar-refractivity contribution in [3.05, 3.63) is 48.5 Å². The molecule has 0 saturated heterocycles. The van der Waals surface area contributed by atoms with Crippen molar-refractivity contribution in [1.29, 1.82) is 0 Å². The van der Waals surface area contributed by atoms with Crippen LogP contribution in [0.25, 0.3) is 11.4 Å². The Morgan fingerprint density at radius 2 is 2.19 bits per heavy atom. The Bertz CT molecular complexity index is 727. The average molecular weight is 282 g/mol. The molecule has 0 aliphatic rings. The van der Waals surface area contributed by atoms with Gasteiger partial charge < -0.3 is 9.88 Å². The first-order valence-corrected chi connectivity index (χ1v) is 6.96. The molecule has 0 unspecified atom stereocenters. The van der Waals surface area contributed by atoms with Crippen LogP contribution < -0.4 is 5.32 Å². The Labute approximate surface area is 123 Å². The van der Waals surface area contributed by atoms with Crippen molar-refractivity contribution in [3.8, 4) is 11.4 Å². The molecule has 0 saturated carbocycles. The zero-order chi connectivity index (χ0) is 14.7. The highest BCUT2D eigenvalue weighted by Gasteiger charge is 2.05. The van der Waals surface area contributed by atoms with E-state index in [0.717, 1.165) is 30.2 Å². The van der Waals surface area contributed by atoms with Crippen molar-refractivity contribution in [2.24, 2.45) is 7.05 Å². The summed E-state index contributed by atoms with van der Waals surface area (Å²) in [4.78, 5) is 0. The summed E-state index contributed by atoms with van der Waals surface area (Å²) < 4.78 is 3.83. The van der Waals surface area contributed by atoms with Gasteiger partial charge in [-0.3, -0.25) is 4.68 Å². The third kappa shape index (κ3) is 2.94. The van der Waals surface area contributed by atoms with E-state index in [1.54, 1.807) is 6.33 Å². The lowest BCUT2D eigenvalue weighted by molar-refractivity contribution is 0.659. The maximum atomic E-state index is 4.27. The third-order valence-corrected chi connectivity index (χ3v) is 3.34. The van der Waals surface area contributed by atoms with E-state index >= 15 is 0 Å². The molecule has 2 heterocycles. The summed E-state index contributed by atoms with van der Waals surface area (Å²) in [5, 5.41) is 15.7. The van der Waals surface area contributed by atoms with Gasteiger partial charge in [0, 0.05) is 43.1 Å². The van der Waals surface area contributed by atoms with Crippen LogP contribution in [0.1, 0.15) is 12.5 Å². The zero-order valence-electron chi connectivity index (χ0n) is 12.2. The second kappa shape index (κ2) is 5.78. The summed E-state index contributed by atoms with van der Waals surface area (Å²) in [6, 6.07) is 8.17. The lowest BCUT2D eigenvalue weighted by atomic mass is 10.2. The van der Waals surface area contributed by atoms with Crippen molar-refractivity contribution in [2.45, 2.75) is 20.0 Å². The van der Waals surface area contributed by atoms with E-state index in [-0.39, 0.29) is 0 Å². The molecule has 3 aromatic rings. The first kappa shape index (κ1) is 13.4. The van der Waals surface area contributed by atoms with Crippen LogP contribution in [0, 0.1) is 0 Å². The second-order valence-electron chi connectivity index (χ2n) is 4.90.